The van der Waals surface area contributed by atoms with Gasteiger partial charge in [0.05, 0.1) is 17.2 Å². The number of nitriles is 1. The number of benzene rings is 2. The van der Waals surface area contributed by atoms with Gasteiger partial charge in [-0.25, -0.2) is 0 Å². The van der Waals surface area contributed by atoms with Crippen molar-refractivity contribution in [3.63, 3.8) is 0 Å². The summed E-state index contributed by atoms with van der Waals surface area (Å²) in [7, 11) is 0. The van der Waals surface area contributed by atoms with Crippen LogP contribution in [0.2, 0.25) is 0 Å². The number of rotatable bonds is 2. The van der Waals surface area contributed by atoms with E-state index < -0.39 is 17.5 Å². The molecule has 2 aromatic carbocycles. The van der Waals surface area contributed by atoms with Gasteiger partial charge in [-0.1, -0.05) is 11.8 Å². The third kappa shape index (κ3) is 3.25. The highest BCUT2D eigenvalue weighted by atomic mass is 32.2. The van der Waals surface area contributed by atoms with Crippen LogP contribution in [-0.4, -0.2) is 5.11 Å². The first kappa shape index (κ1) is 14.3. The van der Waals surface area contributed by atoms with Gasteiger partial charge in [0.2, 0.25) is 0 Å². The highest BCUT2D eigenvalue weighted by Crippen LogP contribution is 2.39. The topological polar surface area (TPSA) is 44.0 Å². The van der Waals surface area contributed by atoms with Crippen LogP contribution in [-0.2, 0) is 6.18 Å². The summed E-state index contributed by atoms with van der Waals surface area (Å²) < 4.78 is 38.0. The minimum absolute atomic E-state index is 0.361. The van der Waals surface area contributed by atoms with E-state index in [1.807, 2.05) is 6.07 Å². The third-order valence-electron chi connectivity index (χ3n) is 2.49. The van der Waals surface area contributed by atoms with E-state index in [0.29, 0.717) is 15.4 Å². The van der Waals surface area contributed by atoms with Crippen LogP contribution in [0, 0.1) is 11.3 Å². The Hall–Kier alpha value is -2.13. The number of aromatic hydroxyl groups is 1. The Kier molecular flexibility index (Phi) is 3.91. The minimum atomic E-state index is -4.59. The van der Waals surface area contributed by atoms with Gasteiger partial charge in [-0.15, -0.1) is 0 Å². The summed E-state index contributed by atoms with van der Waals surface area (Å²) in [6.45, 7) is 0. The molecule has 2 nitrogen and oxygen atoms in total. The molecular formula is C14H8F3NOS. The van der Waals surface area contributed by atoms with Crippen molar-refractivity contribution in [1.29, 1.82) is 5.26 Å². The first-order valence-corrected chi connectivity index (χ1v) is 6.30. The van der Waals surface area contributed by atoms with Crippen LogP contribution >= 0.6 is 11.8 Å². The smallest absolute Gasteiger partial charge is 0.419 e. The van der Waals surface area contributed by atoms with E-state index in [0.717, 1.165) is 23.9 Å². The molecule has 0 unspecified atom stereocenters. The molecule has 0 spiro atoms. The zero-order chi connectivity index (χ0) is 14.8. The SMILES string of the molecule is N#Cc1ccc(Sc2ccc(O)c(C(F)(F)F)c2)cc1. The highest BCUT2D eigenvalue weighted by Gasteiger charge is 2.34. The molecule has 2 aromatic rings. The van der Waals surface area contributed by atoms with Gasteiger partial charge in [0.25, 0.3) is 0 Å². The summed E-state index contributed by atoms with van der Waals surface area (Å²) in [5.41, 5.74) is -0.577. The van der Waals surface area contributed by atoms with Gasteiger partial charge in [0, 0.05) is 9.79 Å². The number of phenols is 1. The second-order valence-corrected chi connectivity index (χ2v) is 5.06. The maximum Gasteiger partial charge on any atom is 0.419 e. The van der Waals surface area contributed by atoms with Gasteiger partial charge in [0.1, 0.15) is 5.75 Å². The van der Waals surface area contributed by atoms with Gasteiger partial charge in [-0.3, -0.25) is 0 Å². The van der Waals surface area contributed by atoms with Crippen molar-refractivity contribution in [1.82, 2.24) is 0 Å². The van der Waals surface area contributed by atoms with E-state index in [-0.39, 0.29) is 0 Å². The van der Waals surface area contributed by atoms with E-state index in [2.05, 4.69) is 0 Å². The molecule has 0 saturated heterocycles. The van der Waals surface area contributed by atoms with E-state index in [1.54, 1.807) is 24.3 Å². The Labute approximate surface area is 117 Å². The fourth-order valence-electron chi connectivity index (χ4n) is 1.54. The molecule has 0 atom stereocenters. The number of hydrogen-bond donors (Lipinski definition) is 1. The molecule has 0 amide bonds. The number of halogens is 3. The summed E-state index contributed by atoms with van der Waals surface area (Å²) in [4.78, 5) is 1.07. The Morgan fingerprint density at radius 1 is 1.00 bits per heavy atom. The van der Waals surface area contributed by atoms with Crippen molar-refractivity contribution in [3.8, 4) is 11.8 Å². The van der Waals surface area contributed by atoms with E-state index in [9.17, 15) is 18.3 Å². The van der Waals surface area contributed by atoms with Crippen LogP contribution in [0.4, 0.5) is 13.2 Å². The maximum absolute atomic E-state index is 12.7. The Bertz CT molecular complexity index is 660. The molecule has 0 aromatic heterocycles. The van der Waals surface area contributed by atoms with E-state index in [4.69, 9.17) is 5.26 Å². The van der Waals surface area contributed by atoms with Gasteiger partial charge >= 0.3 is 6.18 Å². The number of phenolic OH excluding ortho intramolecular Hbond substituents is 1. The first-order chi connectivity index (χ1) is 9.40. The summed E-state index contributed by atoms with van der Waals surface area (Å²) >= 11 is 1.13. The van der Waals surface area contributed by atoms with Gasteiger partial charge in [-0.2, -0.15) is 18.4 Å². The first-order valence-electron chi connectivity index (χ1n) is 5.48. The lowest BCUT2D eigenvalue weighted by Crippen LogP contribution is -2.05. The Balaban J connectivity index is 2.28. The highest BCUT2D eigenvalue weighted by molar-refractivity contribution is 7.99. The summed E-state index contributed by atoms with van der Waals surface area (Å²) in [5.74, 6) is -0.790. The van der Waals surface area contributed by atoms with Crippen molar-refractivity contribution in [2.75, 3.05) is 0 Å². The number of hydrogen-bond acceptors (Lipinski definition) is 3. The molecule has 6 heteroatoms. The summed E-state index contributed by atoms with van der Waals surface area (Å²) in [6.07, 6.45) is -4.59. The predicted octanol–water partition coefficient (Wildman–Crippen LogP) is 4.43. The van der Waals surface area contributed by atoms with Crippen molar-refractivity contribution in [3.05, 3.63) is 53.6 Å². The quantitative estimate of drug-likeness (QED) is 0.891. The average Bonchev–Trinajstić information content (AvgIpc) is 2.40. The molecule has 2 rings (SSSR count). The van der Waals surface area contributed by atoms with Crippen molar-refractivity contribution >= 4 is 11.8 Å². The maximum atomic E-state index is 12.7. The Morgan fingerprint density at radius 2 is 1.60 bits per heavy atom. The van der Waals surface area contributed by atoms with Crippen molar-refractivity contribution < 1.29 is 18.3 Å². The minimum Gasteiger partial charge on any atom is -0.507 e. The zero-order valence-electron chi connectivity index (χ0n) is 9.98. The average molecular weight is 295 g/mol. The molecule has 0 heterocycles. The zero-order valence-corrected chi connectivity index (χ0v) is 10.8. The molecule has 0 radical (unpaired) electrons. The fourth-order valence-corrected chi connectivity index (χ4v) is 2.40. The molecule has 102 valence electrons. The lowest BCUT2D eigenvalue weighted by atomic mass is 10.2. The number of nitrogens with zero attached hydrogens (tertiary/aromatic N) is 1. The molecule has 20 heavy (non-hydrogen) atoms. The molecule has 0 aliphatic rings. The van der Waals surface area contributed by atoms with E-state index in [1.165, 1.54) is 6.07 Å². The van der Waals surface area contributed by atoms with Crippen LogP contribution in [0.3, 0.4) is 0 Å². The molecule has 0 aliphatic heterocycles. The van der Waals surface area contributed by atoms with Crippen LogP contribution < -0.4 is 0 Å². The van der Waals surface area contributed by atoms with Crippen LogP contribution in [0.25, 0.3) is 0 Å². The monoisotopic (exact) mass is 295 g/mol. The normalized spacial score (nSPS) is 11.1. The van der Waals surface area contributed by atoms with Gasteiger partial charge in [-0.05, 0) is 42.5 Å². The van der Waals surface area contributed by atoms with Crippen molar-refractivity contribution in [2.24, 2.45) is 0 Å². The van der Waals surface area contributed by atoms with Crippen LogP contribution in [0.15, 0.2) is 52.3 Å². The second-order valence-electron chi connectivity index (χ2n) is 3.91. The standard InChI is InChI=1S/C14H8F3NOS/c15-14(16,17)12-7-11(5-6-13(12)19)20-10-3-1-9(8-18)2-4-10/h1-7,19H. The van der Waals surface area contributed by atoms with Gasteiger partial charge in [0.15, 0.2) is 0 Å². The fraction of sp³-hybridized carbons (Fsp3) is 0.0714. The van der Waals surface area contributed by atoms with Gasteiger partial charge < -0.3 is 5.11 Å². The molecule has 0 saturated carbocycles. The van der Waals surface area contributed by atoms with Crippen LogP contribution in [0.5, 0.6) is 5.75 Å². The molecular weight excluding hydrogens is 287 g/mol. The second kappa shape index (κ2) is 5.47. The lowest BCUT2D eigenvalue weighted by molar-refractivity contribution is -0.138. The predicted molar refractivity (Wildman–Crippen MR) is 68.4 cm³/mol. The summed E-state index contributed by atoms with van der Waals surface area (Å²) in [5, 5.41) is 17.9. The molecule has 0 fully saturated rings. The largest absolute Gasteiger partial charge is 0.507 e. The molecule has 1 N–H and O–H groups in total. The number of alkyl halides is 3. The summed E-state index contributed by atoms with van der Waals surface area (Å²) in [6, 6.07) is 11.8. The van der Waals surface area contributed by atoms with E-state index >= 15 is 0 Å². The van der Waals surface area contributed by atoms with Crippen molar-refractivity contribution in [2.45, 2.75) is 16.0 Å². The molecule has 0 aliphatic carbocycles. The van der Waals surface area contributed by atoms with Crippen LogP contribution in [0.1, 0.15) is 11.1 Å². The Morgan fingerprint density at radius 3 is 2.15 bits per heavy atom. The third-order valence-corrected chi connectivity index (χ3v) is 3.49. The lowest BCUT2D eigenvalue weighted by Gasteiger charge is -2.10. The molecule has 0 bridgehead atoms.